The van der Waals surface area contributed by atoms with E-state index in [1.807, 2.05) is 0 Å². The standard InChI is InChI=1S/C17H21FN5O4/c1-10-4-11(18)2-3-12(10)14-13-5-19-9-23(27)15(13)21-16(20-14)22-17(6-24,7-25)8-26/h2-4,19,24-26H,5-9H2,1H3,(H,20,21,22)/q-1. The van der Waals surface area contributed by atoms with E-state index in [0.29, 0.717) is 34.0 Å². The van der Waals surface area contributed by atoms with Gasteiger partial charge in [0.2, 0.25) is 5.95 Å². The molecule has 3 rings (SSSR count). The van der Waals surface area contributed by atoms with Gasteiger partial charge < -0.3 is 30.9 Å². The Morgan fingerprint density at radius 1 is 1.26 bits per heavy atom. The minimum atomic E-state index is -1.45. The molecular weight excluding hydrogens is 357 g/mol. The van der Waals surface area contributed by atoms with Crippen LogP contribution in [0.2, 0.25) is 0 Å². The van der Waals surface area contributed by atoms with Crippen molar-refractivity contribution in [3.05, 3.63) is 40.4 Å². The van der Waals surface area contributed by atoms with Crippen molar-refractivity contribution in [1.82, 2.24) is 15.3 Å². The number of rotatable bonds is 6. The van der Waals surface area contributed by atoms with Crippen molar-refractivity contribution >= 4 is 11.8 Å². The lowest BCUT2D eigenvalue weighted by Crippen LogP contribution is -2.50. The number of halogens is 1. The highest BCUT2D eigenvalue weighted by atomic mass is 19.1. The van der Waals surface area contributed by atoms with Gasteiger partial charge in [0.15, 0.2) is 0 Å². The van der Waals surface area contributed by atoms with Crippen LogP contribution in [-0.4, -0.2) is 57.3 Å². The number of benzene rings is 1. The Kier molecular flexibility index (Phi) is 5.53. The summed E-state index contributed by atoms with van der Waals surface area (Å²) in [5.41, 5.74) is 0.777. The average Bonchev–Trinajstić information content (AvgIpc) is 2.67. The lowest BCUT2D eigenvalue weighted by Gasteiger charge is -2.37. The number of aryl methyl sites for hydroxylation is 1. The first kappa shape index (κ1) is 19.4. The lowest BCUT2D eigenvalue weighted by molar-refractivity contribution is 0.0828. The first-order valence-corrected chi connectivity index (χ1v) is 8.36. The molecule has 0 unspecified atom stereocenters. The van der Waals surface area contributed by atoms with Gasteiger partial charge in [-0.1, -0.05) is 0 Å². The number of hydrogen-bond donors (Lipinski definition) is 5. The van der Waals surface area contributed by atoms with Gasteiger partial charge >= 0.3 is 0 Å². The number of aliphatic hydroxyl groups is 3. The fourth-order valence-corrected chi connectivity index (χ4v) is 2.88. The lowest BCUT2D eigenvalue weighted by atomic mass is 10.0. The molecule has 27 heavy (non-hydrogen) atoms. The third-order valence-corrected chi connectivity index (χ3v) is 4.51. The first-order valence-electron chi connectivity index (χ1n) is 8.36. The normalized spacial score (nSPS) is 14.2. The molecule has 146 valence electrons. The van der Waals surface area contributed by atoms with Gasteiger partial charge in [-0.15, -0.1) is 0 Å². The van der Waals surface area contributed by atoms with Gasteiger partial charge in [0.05, 0.1) is 32.2 Å². The van der Waals surface area contributed by atoms with Crippen molar-refractivity contribution in [3.8, 4) is 11.3 Å². The largest absolute Gasteiger partial charge is 0.756 e. The van der Waals surface area contributed by atoms with Gasteiger partial charge in [-0.3, -0.25) is 5.32 Å². The third-order valence-electron chi connectivity index (χ3n) is 4.51. The van der Waals surface area contributed by atoms with Gasteiger partial charge in [-0.2, -0.15) is 4.98 Å². The predicted molar refractivity (Wildman–Crippen MR) is 97.3 cm³/mol. The van der Waals surface area contributed by atoms with Crippen molar-refractivity contribution in [2.45, 2.75) is 19.0 Å². The summed E-state index contributed by atoms with van der Waals surface area (Å²) >= 11 is 0. The minimum absolute atomic E-state index is 0.0348. The summed E-state index contributed by atoms with van der Waals surface area (Å²) in [6.07, 6.45) is 0. The Hall–Kier alpha value is -2.37. The summed E-state index contributed by atoms with van der Waals surface area (Å²) in [6, 6.07) is 4.23. The van der Waals surface area contributed by atoms with E-state index in [1.165, 1.54) is 12.1 Å². The van der Waals surface area contributed by atoms with Crippen molar-refractivity contribution in [3.63, 3.8) is 0 Å². The summed E-state index contributed by atoms with van der Waals surface area (Å²) in [5.74, 6) is -0.291. The van der Waals surface area contributed by atoms with Gasteiger partial charge in [-0.05, 0) is 30.7 Å². The Labute approximate surface area is 155 Å². The molecule has 5 N–H and O–H groups in total. The maximum atomic E-state index is 13.5. The van der Waals surface area contributed by atoms with Crippen molar-refractivity contribution in [1.29, 1.82) is 0 Å². The zero-order chi connectivity index (χ0) is 19.6. The quantitative estimate of drug-likeness (QED) is 0.473. The molecule has 0 bridgehead atoms. The van der Waals surface area contributed by atoms with Gasteiger partial charge in [0.25, 0.3) is 0 Å². The molecule has 0 radical (unpaired) electrons. The van der Waals surface area contributed by atoms with E-state index in [4.69, 9.17) is 0 Å². The number of aliphatic hydroxyl groups excluding tert-OH is 3. The molecular formula is C17H21FN5O4-. The van der Waals surface area contributed by atoms with Crippen molar-refractivity contribution in [2.24, 2.45) is 0 Å². The molecule has 9 nitrogen and oxygen atoms in total. The number of anilines is 2. The topological polar surface area (TPSA) is 137 Å². The number of hydroxylamine groups is 1. The molecule has 0 saturated heterocycles. The van der Waals surface area contributed by atoms with Gasteiger partial charge in [0, 0.05) is 17.7 Å². The van der Waals surface area contributed by atoms with Crippen molar-refractivity contribution in [2.75, 3.05) is 36.9 Å². The van der Waals surface area contributed by atoms with Crippen LogP contribution in [-0.2, 0) is 6.54 Å². The summed E-state index contributed by atoms with van der Waals surface area (Å²) in [6.45, 7) is 0.392. The van der Waals surface area contributed by atoms with E-state index in [0.717, 1.165) is 0 Å². The van der Waals surface area contributed by atoms with Crippen LogP contribution in [0.25, 0.3) is 11.3 Å². The van der Waals surface area contributed by atoms with Crippen LogP contribution in [0.5, 0.6) is 0 Å². The Morgan fingerprint density at radius 3 is 2.59 bits per heavy atom. The van der Waals surface area contributed by atoms with Crippen LogP contribution in [0.4, 0.5) is 16.2 Å². The molecule has 10 heteroatoms. The molecule has 0 atom stereocenters. The van der Waals surface area contributed by atoms with E-state index < -0.39 is 25.4 Å². The number of nitrogens with zero attached hydrogens (tertiary/aromatic N) is 3. The summed E-state index contributed by atoms with van der Waals surface area (Å²) in [5, 5.41) is 47.2. The Bertz CT molecular complexity index is 823. The zero-order valence-electron chi connectivity index (χ0n) is 14.7. The van der Waals surface area contributed by atoms with E-state index >= 15 is 0 Å². The highest BCUT2D eigenvalue weighted by Crippen LogP contribution is 2.33. The molecule has 1 aliphatic heterocycles. The molecule has 0 fully saturated rings. The number of hydrogen-bond acceptors (Lipinski definition) is 9. The Balaban J connectivity index is 2.16. The molecule has 2 heterocycles. The van der Waals surface area contributed by atoms with E-state index in [2.05, 4.69) is 20.6 Å². The molecule has 2 aromatic rings. The molecule has 1 aromatic heterocycles. The molecule has 0 saturated carbocycles. The van der Waals surface area contributed by atoms with Crippen molar-refractivity contribution < 1.29 is 19.7 Å². The maximum absolute atomic E-state index is 13.5. The zero-order valence-corrected chi connectivity index (χ0v) is 14.7. The summed E-state index contributed by atoms with van der Waals surface area (Å²) < 4.78 is 13.5. The monoisotopic (exact) mass is 378 g/mol. The fraction of sp³-hybridized carbons (Fsp3) is 0.412. The molecule has 1 aromatic carbocycles. The molecule has 1 aliphatic rings. The highest BCUT2D eigenvalue weighted by Gasteiger charge is 2.30. The third kappa shape index (κ3) is 3.70. The van der Waals surface area contributed by atoms with Crippen LogP contribution < -0.4 is 15.7 Å². The fourth-order valence-electron chi connectivity index (χ4n) is 2.88. The SMILES string of the molecule is Cc1cc(F)ccc1-c1nc(NC(CO)(CO)CO)nc2c1CNCN2[O-]. The van der Waals surface area contributed by atoms with Crippen LogP contribution >= 0.6 is 0 Å². The first-order chi connectivity index (χ1) is 12.9. The van der Waals surface area contributed by atoms with E-state index in [1.54, 1.807) is 13.0 Å². The molecule has 0 aliphatic carbocycles. The van der Waals surface area contributed by atoms with Crippen LogP contribution in [0.3, 0.4) is 0 Å². The van der Waals surface area contributed by atoms with Crippen LogP contribution in [0, 0.1) is 17.9 Å². The molecule has 0 amide bonds. The van der Waals surface area contributed by atoms with Gasteiger partial charge in [-0.25, -0.2) is 9.37 Å². The maximum Gasteiger partial charge on any atom is 0.225 e. The second-order valence-corrected chi connectivity index (χ2v) is 6.50. The second kappa shape index (κ2) is 7.71. The number of nitrogens with one attached hydrogen (secondary N) is 2. The van der Waals surface area contributed by atoms with Crippen LogP contribution in [0.15, 0.2) is 18.2 Å². The summed E-state index contributed by atoms with van der Waals surface area (Å²) in [7, 11) is 0. The highest BCUT2D eigenvalue weighted by molar-refractivity contribution is 5.74. The van der Waals surface area contributed by atoms with E-state index in [-0.39, 0.29) is 24.3 Å². The number of aromatic nitrogens is 2. The smallest absolute Gasteiger partial charge is 0.225 e. The minimum Gasteiger partial charge on any atom is -0.756 e. The second-order valence-electron chi connectivity index (χ2n) is 6.50. The van der Waals surface area contributed by atoms with E-state index in [9.17, 15) is 24.9 Å². The Morgan fingerprint density at radius 2 is 1.96 bits per heavy atom. The summed E-state index contributed by atoms with van der Waals surface area (Å²) in [4.78, 5) is 8.63. The average molecular weight is 378 g/mol. The predicted octanol–water partition coefficient (Wildman–Crippen LogP) is 0.0836. The molecule has 0 spiro atoms. The van der Waals surface area contributed by atoms with Crippen LogP contribution in [0.1, 0.15) is 11.1 Å². The number of fused-ring (bicyclic) bond motifs is 1. The van der Waals surface area contributed by atoms with Gasteiger partial charge in [0.1, 0.15) is 17.2 Å².